The van der Waals surface area contributed by atoms with E-state index in [4.69, 9.17) is 9.84 Å². The van der Waals surface area contributed by atoms with Crippen molar-refractivity contribution in [2.75, 3.05) is 12.4 Å². The van der Waals surface area contributed by atoms with Crippen LogP contribution in [0.4, 0.5) is 0 Å². The lowest BCUT2D eigenvalue weighted by atomic mass is 9.85. The molecule has 0 bridgehead atoms. The van der Waals surface area contributed by atoms with Crippen LogP contribution in [0.25, 0.3) is 0 Å². The normalized spacial score (nSPS) is 10.9. The lowest BCUT2D eigenvalue weighted by Gasteiger charge is -2.19. The molecule has 4 aromatic rings. The third-order valence-electron chi connectivity index (χ3n) is 6.07. The fourth-order valence-electron chi connectivity index (χ4n) is 4.29. The number of carboxylic acid groups (broad SMARTS) is 1. The number of aliphatic carboxylic acids is 1. The molecule has 1 aromatic heterocycles. The Kier molecular flexibility index (Phi) is 9.60. The molecule has 0 saturated carbocycles. The summed E-state index contributed by atoms with van der Waals surface area (Å²) in [4.78, 5) is 27.3. The van der Waals surface area contributed by atoms with E-state index in [1.165, 1.54) is 11.1 Å². The van der Waals surface area contributed by atoms with Crippen LogP contribution >= 0.6 is 11.8 Å². The number of benzene rings is 3. The number of aromatic nitrogens is 1. The highest BCUT2D eigenvalue weighted by Gasteiger charge is 2.18. The molecule has 4 rings (SSSR count). The van der Waals surface area contributed by atoms with Crippen molar-refractivity contribution >= 4 is 17.7 Å². The van der Waals surface area contributed by atoms with Gasteiger partial charge in [0, 0.05) is 29.0 Å². The molecule has 0 aliphatic carbocycles. The van der Waals surface area contributed by atoms with E-state index < -0.39 is 5.97 Å². The molecule has 6 heteroatoms. The van der Waals surface area contributed by atoms with Crippen molar-refractivity contribution in [1.29, 1.82) is 0 Å². The Labute approximate surface area is 221 Å². The second kappa shape index (κ2) is 13.5. The molecule has 0 amide bonds. The van der Waals surface area contributed by atoms with Gasteiger partial charge in [0.25, 0.3) is 5.56 Å². The number of carbonyl (C=O) groups is 1. The third-order valence-corrected chi connectivity index (χ3v) is 7.15. The second-order valence-corrected chi connectivity index (χ2v) is 9.98. The Balaban J connectivity index is 1.38. The van der Waals surface area contributed by atoms with Crippen LogP contribution in [-0.4, -0.2) is 28.4 Å². The predicted octanol–water partition coefficient (Wildman–Crippen LogP) is 6.52. The number of ether oxygens (including phenoxy) is 1. The number of rotatable bonds is 13. The topological polar surface area (TPSA) is 79.4 Å². The molecule has 0 aliphatic rings. The van der Waals surface area contributed by atoms with Crippen molar-refractivity contribution in [1.82, 2.24) is 4.98 Å². The second-order valence-electron chi connectivity index (χ2n) is 8.81. The number of thioether (sulfide) groups is 1. The van der Waals surface area contributed by atoms with Crippen LogP contribution in [0.3, 0.4) is 0 Å². The van der Waals surface area contributed by atoms with Gasteiger partial charge < -0.3 is 14.8 Å². The van der Waals surface area contributed by atoms with Crippen molar-refractivity contribution in [3.8, 4) is 5.75 Å². The van der Waals surface area contributed by atoms with Gasteiger partial charge in [0.05, 0.1) is 6.61 Å². The smallest absolute Gasteiger partial charge is 0.303 e. The van der Waals surface area contributed by atoms with E-state index >= 15 is 0 Å². The maximum atomic E-state index is 12.6. The molecular weight excluding hydrogens is 482 g/mol. The summed E-state index contributed by atoms with van der Waals surface area (Å²) in [5.74, 6) is 0.846. The van der Waals surface area contributed by atoms with Crippen LogP contribution in [0, 0.1) is 0 Å². The van der Waals surface area contributed by atoms with Gasteiger partial charge in [0.2, 0.25) is 0 Å². The third kappa shape index (κ3) is 7.86. The van der Waals surface area contributed by atoms with Crippen molar-refractivity contribution in [2.45, 2.75) is 36.5 Å². The number of H-pyrrole nitrogens is 1. The summed E-state index contributed by atoms with van der Waals surface area (Å²) in [6, 6.07) is 30.6. The lowest BCUT2D eigenvalue weighted by Crippen LogP contribution is -2.15. The number of hydrogen-bond acceptors (Lipinski definition) is 4. The Hall–Kier alpha value is -3.77. The Morgan fingerprint density at radius 1 is 0.865 bits per heavy atom. The minimum Gasteiger partial charge on any atom is -0.494 e. The molecule has 0 aliphatic heterocycles. The van der Waals surface area contributed by atoms with Crippen molar-refractivity contribution < 1.29 is 14.6 Å². The molecule has 0 unspecified atom stereocenters. The SMILES string of the molecule is O=C(O)CCCOc1cccc(SCCCc2cc(C(c3ccccc3)c3ccccc3)c[nH]c2=O)c1. The zero-order chi connectivity index (χ0) is 25.9. The lowest BCUT2D eigenvalue weighted by molar-refractivity contribution is -0.137. The average Bonchev–Trinajstić information content (AvgIpc) is 2.92. The average molecular weight is 514 g/mol. The molecule has 1 heterocycles. The molecule has 0 radical (unpaired) electrons. The summed E-state index contributed by atoms with van der Waals surface area (Å²) < 4.78 is 5.67. The summed E-state index contributed by atoms with van der Waals surface area (Å²) in [6.07, 6.45) is 3.98. The number of aryl methyl sites for hydroxylation is 1. The van der Waals surface area contributed by atoms with Crippen molar-refractivity contribution in [2.24, 2.45) is 0 Å². The van der Waals surface area contributed by atoms with Crippen LogP contribution in [0.1, 0.15) is 47.4 Å². The summed E-state index contributed by atoms with van der Waals surface area (Å²) in [6.45, 7) is 0.381. The number of hydrogen-bond donors (Lipinski definition) is 2. The van der Waals surface area contributed by atoms with Gasteiger partial charge in [-0.3, -0.25) is 9.59 Å². The summed E-state index contributed by atoms with van der Waals surface area (Å²) in [5, 5.41) is 8.74. The number of aromatic amines is 1. The zero-order valence-corrected chi connectivity index (χ0v) is 21.5. The van der Waals surface area contributed by atoms with Crippen molar-refractivity contribution in [3.05, 3.63) is 130 Å². The molecule has 0 spiro atoms. The van der Waals surface area contributed by atoms with Gasteiger partial charge in [-0.2, -0.15) is 0 Å². The van der Waals surface area contributed by atoms with E-state index in [1.54, 1.807) is 11.8 Å². The van der Waals surface area contributed by atoms with Crippen LogP contribution < -0.4 is 10.3 Å². The van der Waals surface area contributed by atoms with Crippen molar-refractivity contribution in [3.63, 3.8) is 0 Å². The van der Waals surface area contributed by atoms with Crippen LogP contribution in [0.5, 0.6) is 5.75 Å². The van der Waals surface area contributed by atoms with Gasteiger partial charge >= 0.3 is 5.97 Å². The maximum absolute atomic E-state index is 12.6. The first kappa shape index (κ1) is 26.3. The van der Waals surface area contributed by atoms with E-state index in [1.807, 2.05) is 66.9 Å². The van der Waals surface area contributed by atoms with Gasteiger partial charge in [0.15, 0.2) is 0 Å². The van der Waals surface area contributed by atoms with Gasteiger partial charge in [-0.25, -0.2) is 0 Å². The predicted molar refractivity (Wildman–Crippen MR) is 149 cm³/mol. The number of carboxylic acids is 1. The monoisotopic (exact) mass is 513 g/mol. The van der Waals surface area contributed by atoms with E-state index in [9.17, 15) is 9.59 Å². The van der Waals surface area contributed by atoms with Crippen LogP contribution in [-0.2, 0) is 11.2 Å². The maximum Gasteiger partial charge on any atom is 0.303 e. The minimum absolute atomic E-state index is 0.0367. The zero-order valence-electron chi connectivity index (χ0n) is 20.6. The minimum atomic E-state index is -0.812. The van der Waals surface area contributed by atoms with E-state index in [0.717, 1.165) is 33.9 Å². The Morgan fingerprint density at radius 2 is 1.57 bits per heavy atom. The molecule has 3 aromatic carbocycles. The molecule has 37 heavy (non-hydrogen) atoms. The fourth-order valence-corrected chi connectivity index (χ4v) is 5.19. The van der Waals surface area contributed by atoms with Gasteiger partial charge in [0.1, 0.15) is 5.75 Å². The number of nitrogens with one attached hydrogen (secondary N) is 1. The highest BCUT2D eigenvalue weighted by atomic mass is 32.2. The van der Waals surface area contributed by atoms with Gasteiger partial charge in [-0.05, 0) is 66.0 Å². The summed E-state index contributed by atoms with van der Waals surface area (Å²) in [5.41, 5.74) is 4.21. The Morgan fingerprint density at radius 3 is 2.24 bits per heavy atom. The number of pyridine rings is 1. The first-order valence-electron chi connectivity index (χ1n) is 12.5. The molecule has 0 saturated heterocycles. The van der Waals surface area contributed by atoms with E-state index in [-0.39, 0.29) is 17.9 Å². The first-order chi connectivity index (χ1) is 18.1. The van der Waals surface area contributed by atoms with Crippen LogP contribution in [0.15, 0.2) is 107 Å². The standard InChI is InChI=1S/C31H31NO4S/c33-29(34)17-8-18-36-27-15-7-16-28(21-27)37-19-9-14-25-20-26(22-32-31(25)35)30(23-10-3-1-4-11-23)24-12-5-2-6-13-24/h1-7,10-13,15-16,20-22,30H,8-9,14,17-19H2,(H,32,35)(H,33,34). The van der Waals surface area contributed by atoms with E-state index in [0.29, 0.717) is 19.4 Å². The fraction of sp³-hybridized carbons (Fsp3) is 0.226. The largest absolute Gasteiger partial charge is 0.494 e. The molecule has 0 atom stereocenters. The highest BCUT2D eigenvalue weighted by molar-refractivity contribution is 7.99. The quantitative estimate of drug-likeness (QED) is 0.157. The van der Waals surface area contributed by atoms with Gasteiger partial charge in [-0.1, -0.05) is 66.7 Å². The molecular formula is C31H31NO4S. The molecule has 190 valence electrons. The molecule has 5 nitrogen and oxygen atoms in total. The Bertz CT molecular complexity index is 1300. The first-order valence-corrected chi connectivity index (χ1v) is 13.5. The summed E-state index contributed by atoms with van der Waals surface area (Å²) in [7, 11) is 0. The highest BCUT2D eigenvalue weighted by Crippen LogP contribution is 2.31. The van der Waals surface area contributed by atoms with E-state index in [2.05, 4.69) is 35.3 Å². The summed E-state index contributed by atoms with van der Waals surface area (Å²) >= 11 is 1.72. The molecule has 2 N–H and O–H groups in total. The molecule has 0 fully saturated rings. The van der Waals surface area contributed by atoms with Gasteiger partial charge in [-0.15, -0.1) is 11.8 Å². The van der Waals surface area contributed by atoms with Crippen LogP contribution in [0.2, 0.25) is 0 Å².